The fourth-order valence-corrected chi connectivity index (χ4v) is 2.63. The summed E-state index contributed by atoms with van der Waals surface area (Å²) < 4.78 is 10.4. The van der Waals surface area contributed by atoms with Gasteiger partial charge in [-0.2, -0.15) is 0 Å². The first-order chi connectivity index (χ1) is 7.58. The molecule has 0 aliphatic carbocycles. The second-order valence-electron chi connectivity index (χ2n) is 3.97. The maximum absolute atomic E-state index is 5.22. The van der Waals surface area contributed by atoms with Crippen LogP contribution in [0.3, 0.4) is 0 Å². The molecule has 1 aromatic rings. The normalized spacial score (nSPS) is 15.4. The van der Waals surface area contributed by atoms with Crippen LogP contribution >= 0.6 is 11.3 Å². The van der Waals surface area contributed by atoms with Crippen LogP contribution < -0.4 is 5.32 Å². The summed E-state index contributed by atoms with van der Waals surface area (Å²) in [6, 6.07) is 4.79. The van der Waals surface area contributed by atoms with E-state index in [1.54, 1.807) is 14.2 Å². The van der Waals surface area contributed by atoms with E-state index in [2.05, 4.69) is 38.2 Å². The molecule has 92 valence electrons. The number of hydrogen-bond donors (Lipinski definition) is 1. The highest BCUT2D eigenvalue weighted by molar-refractivity contribution is 7.12. The standard InChI is InChI=1S/C12H21NO2S/c1-8-6-7-11(16-8)9(2)13-10(3)12(14-4)15-5/h6-7,9-10,12-13H,1-5H3. The summed E-state index contributed by atoms with van der Waals surface area (Å²) in [5, 5.41) is 3.47. The van der Waals surface area contributed by atoms with Crippen molar-refractivity contribution >= 4 is 11.3 Å². The molecule has 2 unspecified atom stereocenters. The number of ether oxygens (including phenoxy) is 2. The lowest BCUT2D eigenvalue weighted by Gasteiger charge is -2.25. The third-order valence-electron chi connectivity index (χ3n) is 2.57. The van der Waals surface area contributed by atoms with Crippen molar-refractivity contribution in [2.24, 2.45) is 0 Å². The zero-order valence-corrected chi connectivity index (χ0v) is 11.4. The van der Waals surface area contributed by atoms with Crippen molar-refractivity contribution in [2.75, 3.05) is 14.2 Å². The SMILES string of the molecule is COC(OC)C(C)NC(C)c1ccc(C)s1. The van der Waals surface area contributed by atoms with Gasteiger partial charge in [-0.25, -0.2) is 0 Å². The van der Waals surface area contributed by atoms with Crippen molar-refractivity contribution < 1.29 is 9.47 Å². The predicted octanol–water partition coefficient (Wildman–Crippen LogP) is 2.71. The first-order valence-corrected chi connectivity index (χ1v) is 6.28. The van der Waals surface area contributed by atoms with Gasteiger partial charge in [0.25, 0.3) is 0 Å². The van der Waals surface area contributed by atoms with E-state index in [-0.39, 0.29) is 12.3 Å². The van der Waals surface area contributed by atoms with Gasteiger partial charge in [-0.1, -0.05) is 0 Å². The smallest absolute Gasteiger partial charge is 0.171 e. The molecule has 0 spiro atoms. The Balaban J connectivity index is 2.53. The van der Waals surface area contributed by atoms with Gasteiger partial charge in [0.1, 0.15) is 0 Å². The van der Waals surface area contributed by atoms with Crippen molar-refractivity contribution in [3.05, 3.63) is 21.9 Å². The summed E-state index contributed by atoms with van der Waals surface area (Å²) in [6.45, 7) is 6.34. The molecule has 1 heterocycles. The lowest BCUT2D eigenvalue weighted by Crippen LogP contribution is -2.40. The number of hydrogen-bond acceptors (Lipinski definition) is 4. The first-order valence-electron chi connectivity index (χ1n) is 5.46. The van der Waals surface area contributed by atoms with Crippen molar-refractivity contribution in [2.45, 2.75) is 39.1 Å². The molecule has 0 aliphatic heterocycles. The summed E-state index contributed by atoms with van der Waals surface area (Å²) in [6.07, 6.45) is -0.205. The van der Waals surface area contributed by atoms with Gasteiger partial charge in [-0.3, -0.25) is 0 Å². The maximum atomic E-state index is 5.22. The van der Waals surface area contributed by atoms with E-state index in [4.69, 9.17) is 9.47 Å². The van der Waals surface area contributed by atoms with E-state index in [1.807, 2.05) is 11.3 Å². The number of nitrogens with one attached hydrogen (secondary N) is 1. The van der Waals surface area contributed by atoms with Crippen LogP contribution in [0, 0.1) is 6.92 Å². The van der Waals surface area contributed by atoms with E-state index < -0.39 is 0 Å². The minimum absolute atomic E-state index is 0.160. The second-order valence-corrected chi connectivity index (χ2v) is 5.28. The quantitative estimate of drug-likeness (QED) is 0.779. The number of rotatable bonds is 6. The van der Waals surface area contributed by atoms with Crippen LogP contribution in [0.15, 0.2) is 12.1 Å². The van der Waals surface area contributed by atoms with Gasteiger partial charge in [-0.15, -0.1) is 11.3 Å². The minimum atomic E-state index is -0.205. The molecule has 0 aromatic carbocycles. The highest BCUT2D eigenvalue weighted by Crippen LogP contribution is 2.23. The van der Waals surface area contributed by atoms with Gasteiger partial charge in [-0.05, 0) is 32.9 Å². The fraction of sp³-hybridized carbons (Fsp3) is 0.667. The molecule has 0 saturated carbocycles. The molecule has 1 aromatic heterocycles. The van der Waals surface area contributed by atoms with Crippen molar-refractivity contribution in [3.8, 4) is 0 Å². The first kappa shape index (κ1) is 13.6. The molecule has 1 rings (SSSR count). The zero-order chi connectivity index (χ0) is 12.1. The van der Waals surface area contributed by atoms with Crippen LogP contribution in [0.2, 0.25) is 0 Å². The van der Waals surface area contributed by atoms with Crippen molar-refractivity contribution in [1.82, 2.24) is 5.32 Å². The van der Waals surface area contributed by atoms with E-state index in [0.717, 1.165) is 0 Å². The summed E-state index contributed by atoms with van der Waals surface area (Å²) in [5.74, 6) is 0. The number of methoxy groups -OCH3 is 2. The highest BCUT2D eigenvalue weighted by atomic mass is 32.1. The molecule has 0 radical (unpaired) electrons. The van der Waals surface area contributed by atoms with Crippen molar-refractivity contribution in [3.63, 3.8) is 0 Å². The molecule has 0 aliphatic rings. The van der Waals surface area contributed by atoms with Gasteiger partial charge in [0.05, 0.1) is 6.04 Å². The van der Waals surface area contributed by atoms with Crippen LogP contribution in [0.4, 0.5) is 0 Å². The largest absolute Gasteiger partial charge is 0.354 e. The molecular weight excluding hydrogens is 222 g/mol. The Hall–Kier alpha value is -0.420. The minimum Gasteiger partial charge on any atom is -0.354 e. The molecule has 4 heteroatoms. The molecule has 0 saturated heterocycles. The Morgan fingerprint density at radius 1 is 1.19 bits per heavy atom. The van der Waals surface area contributed by atoms with Crippen molar-refractivity contribution in [1.29, 1.82) is 0 Å². The Morgan fingerprint density at radius 3 is 2.25 bits per heavy atom. The predicted molar refractivity (Wildman–Crippen MR) is 67.9 cm³/mol. The van der Waals surface area contributed by atoms with Crippen LogP contribution in [0.1, 0.15) is 29.6 Å². The van der Waals surface area contributed by atoms with Gasteiger partial charge in [0, 0.05) is 30.0 Å². The fourth-order valence-electron chi connectivity index (χ4n) is 1.75. The summed E-state index contributed by atoms with van der Waals surface area (Å²) in [7, 11) is 3.32. The van der Waals surface area contributed by atoms with E-state index in [0.29, 0.717) is 6.04 Å². The third-order valence-corrected chi connectivity index (χ3v) is 3.76. The molecular formula is C12H21NO2S. The average Bonchev–Trinajstić information content (AvgIpc) is 2.66. The Bertz CT molecular complexity index is 310. The highest BCUT2D eigenvalue weighted by Gasteiger charge is 2.18. The summed E-state index contributed by atoms with van der Waals surface area (Å²) in [5.41, 5.74) is 0. The third kappa shape index (κ3) is 3.56. The summed E-state index contributed by atoms with van der Waals surface area (Å²) in [4.78, 5) is 2.68. The topological polar surface area (TPSA) is 30.5 Å². The Kier molecular flexibility index (Phi) is 5.41. The maximum Gasteiger partial charge on any atom is 0.171 e. The van der Waals surface area contributed by atoms with E-state index in [9.17, 15) is 0 Å². The van der Waals surface area contributed by atoms with Crippen LogP contribution in [0.25, 0.3) is 0 Å². The lowest BCUT2D eigenvalue weighted by atomic mass is 10.2. The second kappa shape index (κ2) is 6.35. The molecule has 0 bridgehead atoms. The summed E-state index contributed by atoms with van der Waals surface area (Å²) >= 11 is 1.82. The molecule has 2 atom stereocenters. The van der Waals surface area contributed by atoms with Gasteiger partial charge in [0.2, 0.25) is 0 Å². The Morgan fingerprint density at radius 2 is 1.81 bits per heavy atom. The van der Waals surface area contributed by atoms with E-state index >= 15 is 0 Å². The Labute approximate surface area is 102 Å². The molecule has 16 heavy (non-hydrogen) atoms. The lowest BCUT2D eigenvalue weighted by molar-refractivity contribution is -0.120. The number of thiophene rings is 1. The van der Waals surface area contributed by atoms with E-state index in [1.165, 1.54) is 9.75 Å². The molecule has 1 N–H and O–H groups in total. The average molecular weight is 243 g/mol. The number of aryl methyl sites for hydroxylation is 1. The van der Waals surface area contributed by atoms with Gasteiger partial charge >= 0.3 is 0 Å². The van der Waals surface area contributed by atoms with Crippen LogP contribution in [-0.2, 0) is 9.47 Å². The molecule has 3 nitrogen and oxygen atoms in total. The molecule has 0 fully saturated rings. The van der Waals surface area contributed by atoms with Crippen LogP contribution in [-0.4, -0.2) is 26.6 Å². The van der Waals surface area contributed by atoms with Gasteiger partial charge in [0.15, 0.2) is 6.29 Å². The monoisotopic (exact) mass is 243 g/mol. The molecule has 0 amide bonds. The van der Waals surface area contributed by atoms with Crippen LogP contribution in [0.5, 0.6) is 0 Å². The zero-order valence-electron chi connectivity index (χ0n) is 10.6. The van der Waals surface area contributed by atoms with Gasteiger partial charge < -0.3 is 14.8 Å².